The molecule has 3 N–H and O–H groups in total. The minimum atomic E-state index is -3.17. The molecule has 0 aromatic heterocycles. The molecular weight excluding hydrogens is 143 g/mol. The second kappa shape index (κ2) is 2.35. The molecule has 6 heavy (non-hydrogen) atoms. The van der Waals surface area contributed by atoms with Crippen LogP contribution in [0.4, 0.5) is 0 Å². The zero-order valence-electron chi connectivity index (χ0n) is 2.68. The zero-order chi connectivity index (χ0) is 5.21. The van der Waals surface area contributed by atoms with Crippen molar-refractivity contribution >= 4 is 29.2 Å². The maximum absolute atomic E-state index is 8.09. The molecule has 40 valence electrons. The molecule has 0 bridgehead atoms. The number of hydrogen-bond donors (Lipinski definition) is 5. The quantitative estimate of drug-likeness (QED) is 0.245. The first-order chi connectivity index (χ1) is 2.56. The third-order valence-corrected chi connectivity index (χ3v) is 1.80. The molecular formula is H5O3PS2. The molecule has 0 saturated heterocycles. The molecule has 0 unspecified atom stereocenters. The van der Waals surface area contributed by atoms with E-state index in [0.29, 0.717) is 0 Å². The number of hydrogen-bond acceptors (Lipinski definition) is 0. The Balaban J connectivity index is 3.79. The lowest BCUT2D eigenvalue weighted by Crippen LogP contribution is -1.63. The van der Waals surface area contributed by atoms with Gasteiger partial charge in [0.1, 0.15) is 0 Å². The molecule has 0 fully saturated rings. The average molecular weight is 148 g/mol. The molecule has 0 rings (SSSR count). The summed E-state index contributed by atoms with van der Waals surface area (Å²) in [5.74, 6) is 0. The molecule has 0 aliphatic rings. The van der Waals surface area contributed by atoms with Crippen LogP contribution in [-0.4, -0.2) is 14.3 Å². The fourth-order valence-corrected chi connectivity index (χ4v) is 0. The Morgan fingerprint density at radius 2 is 1.67 bits per heavy atom. The van der Waals surface area contributed by atoms with Crippen molar-refractivity contribution in [2.24, 2.45) is 0 Å². The highest BCUT2D eigenvalue weighted by Gasteiger charge is 1.93. The van der Waals surface area contributed by atoms with Crippen LogP contribution in [0.5, 0.6) is 0 Å². The summed E-state index contributed by atoms with van der Waals surface area (Å²) in [7, 11) is 0. The predicted octanol–water partition coefficient (Wildman–Crippen LogP) is -0.134. The molecule has 0 radical (unpaired) electrons. The second-order valence-electron chi connectivity index (χ2n) is 0.626. The molecule has 3 nitrogen and oxygen atoms in total. The van der Waals surface area contributed by atoms with Gasteiger partial charge in [-0.25, -0.2) is 0 Å². The fraction of sp³-hybridized carbons (Fsp3) is 0. The van der Waals surface area contributed by atoms with Crippen LogP contribution in [0.3, 0.4) is 0 Å². The highest BCUT2D eigenvalue weighted by Crippen LogP contribution is 2.41. The largest absolute Gasteiger partial charge is 0.340 e. The van der Waals surface area contributed by atoms with E-state index in [4.69, 9.17) is 14.3 Å². The van der Waals surface area contributed by atoms with Crippen LogP contribution in [0, 0.1) is 0 Å². The van der Waals surface area contributed by atoms with Crippen molar-refractivity contribution in [3.8, 4) is 0 Å². The summed E-state index contributed by atoms with van der Waals surface area (Å²) < 4.78 is 7.85. The van der Waals surface area contributed by atoms with Crippen LogP contribution >= 0.6 is 17.9 Å². The lowest BCUT2D eigenvalue weighted by molar-refractivity contribution is 0.499. The lowest BCUT2D eigenvalue weighted by atomic mass is 15.9. The SMILES string of the molecule is O[SH]=P(O)(O)S. The normalized spacial score (nSPS) is 12.0. The van der Waals surface area contributed by atoms with E-state index < -0.39 is 16.9 Å². The smallest absolute Gasteiger partial charge is 0.220 e. The van der Waals surface area contributed by atoms with Crippen molar-refractivity contribution in [1.82, 2.24) is 0 Å². The van der Waals surface area contributed by atoms with E-state index in [1.165, 1.54) is 0 Å². The van der Waals surface area contributed by atoms with Crippen LogP contribution in [-0.2, 0) is 11.2 Å². The third kappa shape index (κ3) is 5.01. The highest BCUT2D eigenvalue weighted by molar-refractivity contribution is 8.61. The zero-order valence-corrected chi connectivity index (χ0v) is 5.37. The van der Waals surface area contributed by atoms with Crippen LogP contribution in [0.1, 0.15) is 0 Å². The summed E-state index contributed by atoms with van der Waals surface area (Å²) in [6.07, 6.45) is 0. The average Bonchev–Trinajstić information content (AvgIpc) is 1.35. The van der Waals surface area contributed by atoms with Gasteiger partial charge in [-0.15, -0.1) is 0 Å². The molecule has 0 heterocycles. The Hall–Kier alpha value is 1.01. The molecule has 0 aromatic carbocycles. The number of rotatable bonds is 0. The minimum absolute atomic E-state index is 0.439. The summed E-state index contributed by atoms with van der Waals surface area (Å²) in [6, 6.07) is 0. The van der Waals surface area contributed by atoms with Gasteiger partial charge in [0.05, 0.1) is 0 Å². The van der Waals surface area contributed by atoms with Gasteiger partial charge < -0.3 is 14.3 Å². The number of thiol groups is 2. The third-order valence-electron chi connectivity index (χ3n) is 0.120. The van der Waals surface area contributed by atoms with E-state index in [1.54, 1.807) is 0 Å². The topological polar surface area (TPSA) is 60.7 Å². The summed E-state index contributed by atoms with van der Waals surface area (Å²) in [5, 5.41) is 0. The van der Waals surface area contributed by atoms with Gasteiger partial charge in [-0.05, 0) is 11.2 Å². The van der Waals surface area contributed by atoms with Crippen LogP contribution < -0.4 is 0 Å². The minimum Gasteiger partial charge on any atom is -0.340 e. The van der Waals surface area contributed by atoms with E-state index in [0.717, 1.165) is 0 Å². The molecule has 0 atom stereocenters. The molecule has 6 heteroatoms. The van der Waals surface area contributed by atoms with Crippen molar-refractivity contribution in [1.29, 1.82) is 0 Å². The molecule has 0 spiro atoms. The Morgan fingerprint density at radius 1 is 1.50 bits per heavy atom. The van der Waals surface area contributed by atoms with Gasteiger partial charge in [0.2, 0.25) is 5.69 Å². The van der Waals surface area contributed by atoms with E-state index >= 15 is 0 Å². The highest BCUT2D eigenvalue weighted by atomic mass is 32.9. The Labute approximate surface area is 44.1 Å². The summed E-state index contributed by atoms with van der Waals surface area (Å²) in [5.41, 5.74) is -3.17. The first-order valence-corrected chi connectivity index (χ1v) is 5.40. The van der Waals surface area contributed by atoms with Crippen molar-refractivity contribution in [2.75, 3.05) is 0 Å². The molecule has 0 saturated carbocycles. The van der Waals surface area contributed by atoms with Crippen molar-refractivity contribution in [2.45, 2.75) is 0 Å². The molecule has 0 aliphatic heterocycles. The van der Waals surface area contributed by atoms with Crippen molar-refractivity contribution in [3.05, 3.63) is 0 Å². The van der Waals surface area contributed by atoms with Crippen molar-refractivity contribution < 1.29 is 14.3 Å². The summed E-state index contributed by atoms with van der Waals surface area (Å²) in [4.78, 5) is 16.2. The first kappa shape index (κ1) is 7.01. The van der Waals surface area contributed by atoms with Crippen LogP contribution in [0.15, 0.2) is 0 Å². The van der Waals surface area contributed by atoms with Crippen LogP contribution in [0.25, 0.3) is 0 Å². The fourth-order valence-electron chi connectivity index (χ4n) is 0. The first-order valence-electron chi connectivity index (χ1n) is 1.000. The lowest BCUT2D eigenvalue weighted by Gasteiger charge is -1.95. The summed E-state index contributed by atoms with van der Waals surface area (Å²) >= 11 is 2.78. The van der Waals surface area contributed by atoms with Crippen molar-refractivity contribution in [3.63, 3.8) is 0 Å². The van der Waals surface area contributed by atoms with Gasteiger partial charge in [-0.1, -0.05) is 12.2 Å². The van der Waals surface area contributed by atoms with E-state index in [1.807, 2.05) is 0 Å². The standard InChI is InChI=1S/H5O3PS2/c1-4(2,5)6-3/h1-3,5-6H. The van der Waals surface area contributed by atoms with Gasteiger partial charge in [0.15, 0.2) is 0 Å². The van der Waals surface area contributed by atoms with Gasteiger partial charge in [-0.2, -0.15) is 0 Å². The van der Waals surface area contributed by atoms with Gasteiger partial charge in [-0.3, -0.25) is 0 Å². The van der Waals surface area contributed by atoms with E-state index in [9.17, 15) is 0 Å². The maximum atomic E-state index is 8.09. The van der Waals surface area contributed by atoms with Crippen LogP contribution in [0.2, 0.25) is 0 Å². The Kier molecular flexibility index (Phi) is 2.75. The maximum Gasteiger partial charge on any atom is 0.220 e. The summed E-state index contributed by atoms with van der Waals surface area (Å²) in [6.45, 7) is 0. The second-order valence-corrected chi connectivity index (χ2v) is 6.71. The van der Waals surface area contributed by atoms with E-state index in [2.05, 4.69) is 12.2 Å². The van der Waals surface area contributed by atoms with E-state index in [-0.39, 0.29) is 0 Å². The van der Waals surface area contributed by atoms with Gasteiger partial charge in [0, 0.05) is 0 Å². The van der Waals surface area contributed by atoms with Gasteiger partial charge >= 0.3 is 0 Å². The van der Waals surface area contributed by atoms with Gasteiger partial charge in [0.25, 0.3) is 0 Å². The predicted molar refractivity (Wildman–Crippen MR) is 31.7 cm³/mol. The Morgan fingerprint density at radius 3 is 1.67 bits per heavy atom. The molecule has 0 amide bonds. The Bertz CT molecular complexity index is 72.5. The molecule has 0 aromatic rings. The monoisotopic (exact) mass is 148 g/mol. The molecule has 0 aliphatic carbocycles.